The molecule has 0 unspecified atom stereocenters. The topological polar surface area (TPSA) is 37.8 Å². The molecule has 0 atom stereocenters. The molecular formula is C37H26BrN3. The van der Waals surface area contributed by atoms with Crippen LogP contribution in [0.1, 0.15) is 5.56 Å². The molecule has 0 saturated carbocycles. The standard InChI is InChI=1S/C37H26BrN3/c38-32-22-30(33-15-7-13-28-14-8-20-39-36(28)33)21-31(23-32)35-24-34(40-37(41-35)29-11-5-2-6-12-29)27-18-16-26(17-19-27)25-9-3-1-4-10-25/h1-19,21-24,39H,20H2. The van der Waals surface area contributed by atoms with Crippen LogP contribution in [0.25, 0.3) is 62.2 Å². The van der Waals surface area contributed by atoms with Gasteiger partial charge < -0.3 is 5.32 Å². The highest BCUT2D eigenvalue weighted by molar-refractivity contribution is 9.10. The van der Waals surface area contributed by atoms with Crippen molar-refractivity contribution in [2.24, 2.45) is 0 Å². The van der Waals surface area contributed by atoms with Crippen LogP contribution < -0.4 is 5.32 Å². The van der Waals surface area contributed by atoms with E-state index >= 15 is 0 Å². The fourth-order valence-electron chi connectivity index (χ4n) is 5.31. The second-order valence-electron chi connectivity index (χ2n) is 10.1. The molecule has 4 heteroatoms. The molecule has 0 fully saturated rings. The van der Waals surface area contributed by atoms with Crippen LogP contribution in [-0.2, 0) is 0 Å². The molecule has 0 radical (unpaired) electrons. The third kappa shape index (κ3) is 5.22. The zero-order valence-corrected chi connectivity index (χ0v) is 23.8. The molecule has 196 valence electrons. The number of nitrogens with one attached hydrogen (secondary N) is 1. The predicted molar refractivity (Wildman–Crippen MR) is 174 cm³/mol. The first-order chi connectivity index (χ1) is 20.2. The third-order valence-electron chi connectivity index (χ3n) is 7.34. The van der Waals surface area contributed by atoms with E-state index < -0.39 is 0 Å². The molecule has 3 nitrogen and oxygen atoms in total. The van der Waals surface area contributed by atoms with Crippen molar-refractivity contribution in [2.45, 2.75) is 0 Å². The first-order valence-corrected chi connectivity index (χ1v) is 14.5. The Labute approximate surface area is 248 Å². The van der Waals surface area contributed by atoms with Gasteiger partial charge in [-0.05, 0) is 46.5 Å². The van der Waals surface area contributed by atoms with Crippen molar-refractivity contribution >= 4 is 27.7 Å². The number of rotatable bonds is 5. The number of halogens is 1. The maximum Gasteiger partial charge on any atom is 0.160 e. The van der Waals surface area contributed by atoms with E-state index in [4.69, 9.17) is 9.97 Å². The summed E-state index contributed by atoms with van der Waals surface area (Å²) >= 11 is 3.78. The fraction of sp³-hybridized carbons (Fsp3) is 0.0270. The summed E-state index contributed by atoms with van der Waals surface area (Å²) in [6.07, 6.45) is 4.33. The van der Waals surface area contributed by atoms with E-state index in [1.165, 1.54) is 22.3 Å². The van der Waals surface area contributed by atoms with Gasteiger partial charge in [-0.3, -0.25) is 0 Å². The summed E-state index contributed by atoms with van der Waals surface area (Å²) in [7, 11) is 0. The summed E-state index contributed by atoms with van der Waals surface area (Å²) in [4.78, 5) is 10.1. The zero-order valence-electron chi connectivity index (χ0n) is 22.3. The average Bonchev–Trinajstić information content (AvgIpc) is 3.05. The van der Waals surface area contributed by atoms with E-state index in [2.05, 4.69) is 137 Å². The van der Waals surface area contributed by atoms with E-state index in [9.17, 15) is 0 Å². The average molecular weight is 593 g/mol. The summed E-state index contributed by atoms with van der Waals surface area (Å²) in [5, 5.41) is 3.56. The van der Waals surface area contributed by atoms with Crippen LogP contribution >= 0.6 is 15.9 Å². The third-order valence-corrected chi connectivity index (χ3v) is 7.80. The van der Waals surface area contributed by atoms with Crippen molar-refractivity contribution in [1.29, 1.82) is 0 Å². The van der Waals surface area contributed by atoms with Gasteiger partial charge in [0.1, 0.15) is 0 Å². The first kappa shape index (κ1) is 25.2. The second-order valence-corrected chi connectivity index (χ2v) is 11.0. The Morgan fingerprint density at radius 2 is 1.17 bits per heavy atom. The van der Waals surface area contributed by atoms with Gasteiger partial charge in [0, 0.05) is 39.0 Å². The van der Waals surface area contributed by atoms with Gasteiger partial charge in [0.25, 0.3) is 0 Å². The molecule has 2 heterocycles. The number of para-hydroxylation sites is 1. The molecule has 0 amide bonds. The van der Waals surface area contributed by atoms with E-state index in [-0.39, 0.29) is 0 Å². The van der Waals surface area contributed by atoms with Gasteiger partial charge in [0.05, 0.1) is 11.4 Å². The highest BCUT2D eigenvalue weighted by Crippen LogP contribution is 2.38. The van der Waals surface area contributed by atoms with Gasteiger partial charge in [0.2, 0.25) is 0 Å². The number of nitrogens with zero attached hydrogens (tertiary/aromatic N) is 2. The van der Waals surface area contributed by atoms with Gasteiger partial charge in [0.15, 0.2) is 5.82 Å². The molecule has 1 aliphatic heterocycles. The molecule has 5 aromatic carbocycles. The minimum atomic E-state index is 0.704. The van der Waals surface area contributed by atoms with Crippen molar-refractivity contribution in [1.82, 2.24) is 9.97 Å². The van der Waals surface area contributed by atoms with Crippen molar-refractivity contribution in [3.05, 3.63) is 144 Å². The molecule has 41 heavy (non-hydrogen) atoms. The Morgan fingerprint density at radius 3 is 1.93 bits per heavy atom. The molecule has 1 aromatic heterocycles. The molecule has 0 spiro atoms. The SMILES string of the molecule is Brc1cc(-c2cc(-c3ccc(-c4ccccc4)cc3)nc(-c3ccccc3)n2)cc(-c2cccc3c2NCC=C3)c1. The highest BCUT2D eigenvalue weighted by Gasteiger charge is 2.15. The summed E-state index contributed by atoms with van der Waals surface area (Å²) < 4.78 is 1.00. The Kier molecular flexibility index (Phi) is 6.75. The largest absolute Gasteiger partial charge is 0.381 e. The van der Waals surface area contributed by atoms with Gasteiger partial charge >= 0.3 is 0 Å². The smallest absolute Gasteiger partial charge is 0.160 e. The van der Waals surface area contributed by atoms with Crippen LogP contribution in [0.3, 0.4) is 0 Å². The summed E-state index contributed by atoms with van der Waals surface area (Å²) in [6.45, 7) is 0.823. The maximum atomic E-state index is 5.07. The number of anilines is 1. The Hall–Kier alpha value is -4.80. The number of hydrogen-bond acceptors (Lipinski definition) is 3. The Balaban J connectivity index is 1.35. The van der Waals surface area contributed by atoms with Gasteiger partial charge in [-0.15, -0.1) is 0 Å². The summed E-state index contributed by atoms with van der Waals surface area (Å²) in [5.74, 6) is 0.704. The van der Waals surface area contributed by atoms with Crippen LogP contribution in [0.15, 0.2) is 138 Å². The minimum Gasteiger partial charge on any atom is -0.381 e. The van der Waals surface area contributed by atoms with Crippen molar-refractivity contribution < 1.29 is 0 Å². The van der Waals surface area contributed by atoms with E-state index in [0.29, 0.717) is 5.82 Å². The lowest BCUT2D eigenvalue weighted by Crippen LogP contribution is -2.05. The van der Waals surface area contributed by atoms with Crippen LogP contribution in [0.2, 0.25) is 0 Å². The molecule has 6 aromatic rings. The van der Waals surface area contributed by atoms with E-state index in [1.807, 2.05) is 24.3 Å². The first-order valence-electron chi connectivity index (χ1n) is 13.7. The van der Waals surface area contributed by atoms with Crippen molar-refractivity contribution in [2.75, 3.05) is 11.9 Å². The normalized spacial score (nSPS) is 12.0. The van der Waals surface area contributed by atoms with Crippen LogP contribution in [0.5, 0.6) is 0 Å². The van der Waals surface area contributed by atoms with Crippen LogP contribution in [-0.4, -0.2) is 16.5 Å². The Morgan fingerprint density at radius 1 is 0.537 bits per heavy atom. The van der Waals surface area contributed by atoms with Crippen molar-refractivity contribution in [3.63, 3.8) is 0 Å². The quantitative estimate of drug-likeness (QED) is 0.217. The Bertz CT molecular complexity index is 1880. The van der Waals surface area contributed by atoms with E-state index in [0.717, 1.165) is 50.3 Å². The highest BCUT2D eigenvalue weighted by atomic mass is 79.9. The molecular weight excluding hydrogens is 566 g/mol. The summed E-state index contributed by atoms with van der Waals surface area (Å²) in [6, 6.07) is 44.3. The molecule has 0 saturated heterocycles. The number of hydrogen-bond donors (Lipinski definition) is 1. The van der Waals surface area contributed by atoms with E-state index in [1.54, 1.807) is 0 Å². The second kappa shape index (κ2) is 11.0. The molecule has 1 N–H and O–H groups in total. The van der Waals surface area contributed by atoms with Gasteiger partial charge in [-0.25, -0.2) is 9.97 Å². The van der Waals surface area contributed by atoms with Gasteiger partial charge in [-0.1, -0.05) is 131 Å². The maximum absolute atomic E-state index is 5.07. The molecule has 0 bridgehead atoms. The number of aromatic nitrogens is 2. The lowest BCUT2D eigenvalue weighted by atomic mass is 9.96. The predicted octanol–water partition coefficient (Wildman–Crippen LogP) is 10.0. The molecule has 0 aliphatic carbocycles. The summed E-state index contributed by atoms with van der Waals surface area (Å²) in [5.41, 5.74) is 11.9. The van der Waals surface area contributed by atoms with Crippen LogP contribution in [0, 0.1) is 0 Å². The number of benzene rings is 5. The van der Waals surface area contributed by atoms with Gasteiger partial charge in [-0.2, -0.15) is 0 Å². The molecule has 1 aliphatic rings. The lowest BCUT2D eigenvalue weighted by molar-refractivity contribution is 1.18. The lowest BCUT2D eigenvalue weighted by Gasteiger charge is -2.18. The van der Waals surface area contributed by atoms with Crippen molar-refractivity contribution in [3.8, 4) is 56.2 Å². The molecule has 7 rings (SSSR count). The van der Waals surface area contributed by atoms with Crippen LogP contribution in [0.4, 0.5) is 5.69 Å². The fourth-order valence-corrected chi connectivity index (χ4v) is 5.80. The minimum absolute atomic E-state index is 0.704. The number of fused-ring (bicyclic) bond motifs is 1. The monoisotopic (exact) mass is 591 g/mol. The zero-order chi connectivity index (χ0) is 27.6.